The van der Waals surface area contributed by atoms with Crippen LogP contribution in [0.1, 0.15) is 24.5 Å². The molecule has 2 aromatic rings. The number of benzene rings is 2. The first kappa shape index (κ1) is 16.5. The van der Waals surface area contributed by atoms with Crippen molar-refractivity contribution in [1.29, 1.82) is 10.7 Å². The maximum absolute atomic E-state index is 12.2. The van der Waals surface area contributed by atoms with Crippen LogP contribution in [0.2, 0.25) is 0 Å². The molecular formula is C19H18N4O2. The van der Waals surface area contributed by atoms with Gasteiger partial charge >= 0.3 is 0 Å². The fourth-order valence-electron chi connectivity index (χ4n) is 2.98. The number of carbonyl (C=O) groups is 1. The molecule has 3 rings (SSSR count). The topological polar surface area (TPSA) is 100 Å². The van der Waals surface area contributed by atoms with E-state index in [1.165, 1.54) is 11.0 Å². The number of hydrogen-bond donors (Lipinski definition) is 3. The van der Waals surface area contributed by atoms with E-state index in [9.17, 15) is 9.90 Å². The molecule has 1 aliphatic rings. The van der Waals surface area contributed by atoms with Crippen LogP contribution in [0.4, 0.5) is 0 Å². The van der Waals surface area contributed by atoms with Crippen molar-refractivity contribution in [2.75, 3.05) is 7.05 Å². The minimum atomic E-state index is -0.709. The number of amides is 1. The number of aromatic hydroxyl groups is 1. The monoisotopic (exact) mass is 334 g/mol. The molecule has 25 heavy (non-hydrogen) atoms. The molecule has 0 unspecified atom stereocenters. The van der Waals surface area contributed by atoms with E-state index in [2.05, 4.69) is 11.4 Å². The number of nitrogens with zero attached hydrogens (tertiary/aromatic N) is 2. The standard InChI is InChI=1S/C19H18N4O2/c1-19(10-17(25)23(2)18(21)22-19)14-5-3-4-13(9-14)15-8-12(11-20)6-7-16(15)24/h3-9,24H,10H2,1-2H3,(H2,21,22)/t19-/m0/s1. The second-order valence-corrected chi connectivity index (χ2v) is 6.36. The van der Waals surface area contributed by atoms with Gasteiger partial charge in [-0.1, -0.05) is 18.2 Å². The largest absolute Gasteiger partial charge is 0.507 e. The van der Waals surface area contributed by atoms with Crippen LogP contribution in [0.25, 0.3) is 11.1 Å². The minimum absolute atomic E-state index is 0.0541. The van der Waals surface area contributed by atoms with Crippen molar-refractivity contribution >= 4 is 11.9 Å². The normalized spacial score (nSPS) is 20.1. The second kappa shape index (κ2) is 5.95. The van der Waals surface area contributed by atoms with Gasteiger partial charge in [-0.15, -0.1) is 0 Å². The van der Waals surface area contributed by atoms with Crippen LogP contribution < -0.4 is 5.32 Å². The van der Waals surface area contributed by atoms with Gasteiger partial charge in [-0.3, -0.25) is 15.1 Å². The number of nitriles is 1. The number of rotatable bonds is 2. The van der Waals surface area contributed by atoms with E-state index >= 15 is 0 Å². The lowest BCUT2D eigenvalue weighted by atomic mass is 9.85. The van der Waals surface area contributed by atoms with Gasteiger partial charge in [0.05, 0.1) is 23.6 Å². The first-order valence-electron chi connectivity index (χ1n) is 7.81. The molecule has 0 radical (unpaired) electrons. The van der Waals surface area contributed by atoms with Crippen molar-refractivity contribution in [2.45, 2.75) is 18.9 Å². The molecule has 0 spiro atoms. The molecular weight excluding hydrogens is 316 g/mol. The Kier molecular flexibility index (Phi) is 3.93. The summed E-state index contributed by atoms with van der Waals surface area (Å²) < 4.78 is 0. The molecule has 1 saturated heterocycles. The predicted octanol–water partition coefficient (Wildman–Crippen LogP) is 2.53. The summed E-state index contributed by atoms with van der Waals surface area (Å²) in [6, 6.07) is 14.2. The highest BCUT2D eigenvalue weighted by molar-refractivity contribution is 5.99. The van der Waals surface area contributed by atoms with E-state index in [4.69, 9.17) is 10.7 Å². The molecule has 3 N–H and O–H groups in total. The van der Waals surface area contributed by atoms with Crippen molar-refractivity contribution < 1.29 is 9.90 Å². The molecule has 1 amide bonds. The third kappa shape index (κ3) is 2.92. The van der Waals surface area contributed by atoms with Gasteiger partial charge < -0.3 is 10.4 Å². The van der Waals surface area contributed by atoms with Crippen molar-refractivity contribution in [1.82, 2.24) is 10.2 Å². The highest BCUT2D eigenvalue weighted by Gasteiger charge is 2.37. The van der Waals surface area contributed by atoms with Crippen molar-refractivity contribution in [3.8, 4) is 22.9 Å². The van der Waals surface area contributed by atoms with Gasteiger partial charge in [0.25, 0.3) is 0 Å². The summed E-state index contributed by atoms with van der Waals surface area (Å²) in [4.78, 5) is 13.4. The highest BCUT2D eigenvalue weighted by atomic mass is 16.3. The lowest BCUT2D eigenvalue weighted by Gasteiger charge is -2.39. The zero-order valence-electron chi connectivity index (χ0n) is 14.0. The number of guanidine groups is 1. The molecule has 1 heterocycles. The van der Waals surface area contributed by atoms with Crippen LogP contribution in [0.15, 0.2) is 42.5 Å². The van der Waals surface area contributed by atoms with Gasteiger partial charge in [-0.25, -0.2) is 0 Å². The van der Waals surface area contributed by atoms with Crippen LogP contribution >= 0.6 is 0 Å². The van der Waals surface area contributed by atoms with E-state index in [1.807, 2.05) is 31.2 Å². The Bertz CT molecular complexity index is 896. The van der Waals surface area contributed by atoms with Gasteiger partial charge in [0.1, 0.15) is 5.75 Å². The van der Waals surface area contributed by atoms with Gasteiger partial charge in [0.2, 0.25) is 5.91 Å². The van der Waals surface area contributed by atoms with E-state index in [1.54, 1.807) is 19.2 Å². The Morgan fingerprint density at radius 1 is 1.32 bits per heavy atom. The number of carbonyl (C=O) groups excluding carboxylic acids is 1. The van der Waals surface area contributed by atoms with Crippen LogP contribution in [0.3, 0.4) is 0 Å². The lowest BCUT2D eigenvalue weighted by Crippen LogP contribution is -2.58. The fourth-order valence-corrected chi connectivity index (χ4v) is 2.98. The Morgan fingerprint density at radius 3 is 2.76 bits per heavy atom. The maximum atomic E-state index is 12.2. The van der Waals surface area contributed by atoms with Crippen LogP contribution in [0.5, 0.6) is 5.75 Å². The van der Waals surface area contributed by atoms with Crippen molar-refractivity contribution in [3.63, 3.8) is 0 Å². The maximum Gasteiger partial charge on any atom is 0.231 e. The van der Waals surface area contributed by atoms with E-state index in [0.29, 0.717) is 11.1 Å². The summed E-state index contributed by atoms with van der Waals surface area (Å²) in [5.74, 6) is 0.00548. The molecule has 6 nitrogen and oxygen atoms in total. The Balaban J connectivity index is 2.05. The molecule has 0 aromatic heterocycles. The SMILES string of the molecule is CN1C(=N)N[C@](C)(c2cccc(-c3cc(C#N)ccc3O)c2)CC1=O. The summed E-state index contributed by atoms with van der Waals surface area (Å²) in [5, 5.41) is 30.3. The molecule has 1 fully saturated rings. The summed E-state index contributed by atoms with van der Waals surface area (Å²) in [6.07, 6.45) is 0.222. The van der Waals surface area contributed by atoms with E-state index in [0.717, 1.165) is 11.1 Å². The Morgan fingerprint density at radius 2 is 2.08 bits per heavy atom. The zero-order chi connectivity index (χ0) is 18.2. The van der Waals surface area contributed by atoms with E-state index < -0.39 is 5.54 Å². The number of phenolic OH excluding ortho intramolecular Hbond substituents is 1. The molecule has 2 aromatic carbocycles. The van der Waals surface area contributed by atoms with Gasteiger partial charge in [-0.05, 0) is 42.3 Å². The van der Waals surface area contributed by atoms with E-state index in [-0.39, 0.29) is 24.0 Å². The van der Waals surface area contributed by atoms with Gasteiger partial charge in [0, 0.05) is 12.6 Å². The summed E-state index contributed by atoms with van der Waals surface area (Å²) in [5.41, 5.74) is 1.88. The zero-order valence-corrected chi connectivity index (χ0v) is 14.0. The quantitative estimate of drug-likeness (QED) is 0.785. The second-order valence-electron chi connectivity index (χ2n) is 6.36. The molecule has 126 valence electrons. The van der Waals surface area contributed by atoms with Crippen LogP contribution in [-0.4, -0.2) is 28.9 Å². The van der Waals surface area contributed by atoms with Crippen LogP contribution in [0, 0.1) is 16.7 Å². The summed E-state index contributed by atoms with van der Waals surface area (Å²) in [6.45, 7) is 1.87. The Labute approximate surface area is 145 Å². The average molecular weight is 334 g/mol. The van der Waals surface area contributed by atoms with Crippen molar-refractivity contribution in [3.05, 3.63) is 53.6 Å². The number of hydrogen-bond acceptors (Lipinski definition) is 4. The molecule has 1 aliphatic heterocycles. The van der Waals surface area contributed by atoms with Crippen LogP contribution in [-0.2, 0) is 10.3 Å². The molecule has 0 aliphatic carbocycles. The summed E-state index contributed by atoms with van der Waals surface area (Å²) >= 11 is 0. The lowest BCUT2D eigenvalue weighted by molar-refractivity contribution is -0.129. The highest BCUT2D eigenvalue weighted by Crippen LogP contribution is 2.34. The number of nitrogens with one attached hydrogen (secondary N) is 2. The summed E-state index contributed by atoms with van der Waals surface area (Å²) in [7, 11) is 1.57. The number of phenols is 1. The fraction of sp³-hybridized carbons (Fsp3) is 0.211. The smallest absolute Gasteiger partial charge is 0.231 e. The molecule has 6 heteroatoms. The van der Waals surface area contributed by atoms with Crippen molar-refractivity contribution in [2.24, 2.45) is 0 Å². The van der Waals surface area contributed by atoms with Gasteiger partial charge in [0.15, 0.2) is 5.96 Å². The molecule has 1 atom stereocenters. The molecule has 0 bridgehead atoms. The first-order valence-corrected chi connectivity index (χ1v) is 7.81. The third-order valence-corrected chi connectivity index (χ3v) is 4.54. The minimum Gasteiger partial charge on any atom is -0.507 e. The average Bonchev–Trinajstić information content (AvgIpc) is 2.60. The Hall–Kier alpha value is -3.33. The molecule has 0 saturated carbocycles. The predicted molar refractivity (Wildman–Crippen MR) is 93.9 cm³/mol. The first-order chi connectivity index (χ1) is 11.8. The van der Waals surface area contributed by atoms with Gasteiger partial charge in [-0.2, -0.15) is 5.26 Å². The third-order valence-electron chi connectivity index (χ3n) is 4.54.